The maximum absolute atomic E-state index is 13.4. The molecule has 1 aromatic carbocycles. The van der Waals surface area contributed by atoms with Crippen LogP contribution in [0.3, 0.4) is 0 Å². The second kappa shape index (κ2) is 6.88. The van der Waals surface area contributed by atoms with E-state index in [4.69, 9.17) is 0 Å². The molecule has 2 heterocycles. The van der Waals surface area contributed by atoms with Crippen LogP contribution in [-0.2, 0) is 0 Å². The van der Waals surface area contributed by atoms with Crippen LogP contribution >= 0.6 is 0 Å². The summed E-state index contributed by atoms with van der Waals surface area (Å²) in [5, 5.41) is 14.3. The van der Waals surface area contributed by atoms with Gasteiger partial charge in [0.1, 0.15) is 0 Å². The number of nitrogens with zero attached hydrogens (tertiary/aromatic N) is 2. The zero-order chi connectivity index (χ0) is 20.5. The molecule has 4 aliphatic carbocycles. The quantitative estimate of drug-likeness (QED) is 0.799. The molecule has 2 N–H and O–H groups in total. The summed E-state index contributed by atoms with van der Waals surface area (Å²) in [6, 6.07) is 12.3. The molecule has 4 saturated carbocycles. The van der Waals surface area contributed by atoms with Crippen LogP contribution in [0.4, 0.5) is 10.5 Å². The van der Waals surface area contributed by atoms with Gasteiger partial charge < -0.3 is 20.2 Å². The van der Waals surface area contributed by atoms with Crippen LogP contribution in [0.15, 0.2) is 30.3 Å². The Morgan fingerprint density at radius 2 is 1.67 bits per heavy atom. The monoisotopic (exact) mass is 409 g/mol. The Morgan fingerprint density at radius 1 is 1.03 bits per heavy atom. The third-order valence-corrected chi connectivity index (χ3v) is 9.18. The summed E-state index contributed by atoms with van der Waals surface area (Å²) in [5.74, 6) is 1.63. The molecule has 6 aliphatic rings. The second-order valence-corrected chi connectivity index (χ2v) is 11.0. The van der Waals surface area contributed by atoms with Crippen molar-refractivity contribution in [3.05, 3.63) is 30.3 Å². The third kappa shape index (κ3) is 3.04. The predicted molar refractivity (Wildman–Crippen MR) is 117 cm³/mol. The van der Waals surface area contributed by atoms with Crippen molar-refractivity contribution in [1.82, 2.24) is 10.2 Å². The number of piperidine rings is 1. The van der Waals surface area contributed by atoms with E-state index in [-0.39, 0.29) is 12.1 Å². The minimum absolute atomic E-state index is 0.174. The lowest BCUT2D eigenvalue weighted by Crippen LogP contribution is -2.64. The van der Waals surface area contributed by atoms with E-state index in [0.717, 1.165) is 44.9 Å². The van der Waals surface area contributed by atoms with E-state index in [1.807, 2.05) is 0 Å². The number of benzene rings is 1. The number of anilines is 1. The van der Waals surface area contributed by atoms with Crippen molar-refractivity contribution in [3.8, 4) is 0 Å². The fourth-order valence-electron chi connectivity index (χ4n) is 8.10. The van der Waals surface area contributed by atoms with Crippen molar-refractivity contribution in [1.29, 1.82) is 0 Å². The van der Waals surface area contributed by atoms with Gasteiger partial charge in [0, 0.05) is 36.9 Å². The van der Waals surface area contributed by atoms with Crippen LogP contribution in [-0.4, -0.2) is 52.9 Å². The molecule has 30 heavy (non-hydrogen) atoms. The maximum Gasteiger partial charge on any atom is 0.318 e. The Hall–Kier alpha value is -1.75. The second-order valence-electron chi connectivity index (χ2n) is 11.0. The van der Waals surface area contributed by atoms with Crippen LogP contribution in [0, 0.1) is 17.8 Å². The molecule has 162 valence electrons. The predicted octanol–water partition coefficient (Wildman–Crippen LogP) is 3.77. The summed E-state index contributed by atoms with van der Waals surface area (Å²) in [7, 11) is 2.20. The number of rotatable bonds is 3. The highest BCUT2D eigenvalue weighted by atomic mass is 16.3. The fourth-order valence-corrected chi connectivity index (χ4v) is 8.10. The first-order valence-corrected chi connectivity index (χ1v) is 12.1. The number of para-hydroxylation sites is 1. The van der Waals surface area contributed by atoms with Crippen LogP contribution in [0.5, 0.6) is 0 Å². The summed E-state index contributed by atoms with van der Waals surface area (Å²) in [5.41, 5.74) is 0.836. The molecule has 7 rings (SSSR count). The maximum atomic E-state index is 13.4. The highest BCUT2D eigenvalue weighted by Crippen LogP contribution is 2.55. The molecular formula is C25H35N3O2. The summed E-state index contributed by atoms with van der Waals surface area (Å²) < 4.78 is 0. The first-order valence-electron chi connectivity index (χ1n) is 12.1. The van der Waals surface area contributed by atoms with Gasteiger partial charge in [0.15, 0.2) is 0 Å². The van der Waals surface area contributed by atoms with Crippen molar-refractivity contribution in [2.45, 2.75) is 87.6 Å². The van der Waals surface area contributed by atoms with Crippen molar-refractivity contribution >= 4 is 11.7 Å². The molecule has 2 aliphatic heterocycles. The fraction of sp³-hybridized carbons (Fsp3) is 0.720. The van der Waals surface area contributed by atoms with Gasteiger partial charge in [-0.15, -0.1) is 0 Å². The number of carbonyl (C=O) groups is 1. The molecular weight excluding hydrogens is 374 g/mol. The average molecular weight is 410 g/mol. The van der Waals surface area contributed by atoms with Gasteiger partial charge in [0.25, 0.3) is 0 Å². The molecule has 6 bridgehead atoms. The largest absolute Gasteiger partial charge is 0.390 e. The highest BCUT2D eigenvalue weighted by Gasteiger charge is 2.55. The van der Waals surface area contributed by atoms with E-state index in [1.165, 1.54) is 18.5 Å². The number of aliphatic hydroxyl groups is 1. The van der Waals surface area contributed by atoms with Gasteiger partial charge in [-0.3, -0.25) is 0 Å². The Kier molecular flexibility index (Phi) is 4.35. The number of fused-ring (bicyclic) bond motifs is 2. The Balaban J connectivity index is 1.13. The van der Waals surface area contributed by atoms with Crippen LogP contribution in [0.1, 0.15) is 57.8 Å². The Morgan fingerprint density at radius 3 is 2.27 bits per heavy atom. The molecule has 1 aromatic rings. The number of urea groups is 1. The first-order chi connectivity index (χ1) is 14.5. The summed E-state index contributed by atoms with van der Waals surface area (Å²) in [6.07, 6.45) is 9.56. The van der Waals surface area contributed by atoms with E-state index < -0.39 is 5.60 Å². The zero-order valence-corrected chi connectivity index (χ0v) is 18.0. The number of nitrogens with one attached hydrogen (secondary N) is 1. The summed E-state index contributed by atoms with van der Waals surface area (Å²) >= 11 is 0. The average Bonchev–Trinajstić information content (AvgIpc) is 2.99. The van der Waals surface area contributed by atoms with Gasteiger partial charge in [-0.2, -0.15) is 0 Å². The van der Waals surface area contributed by atoms with Crippen LogP contribution < -0.4 is 10.2 Å². The molecule has 0 aromatic heterocycles. The normalized spacial score (nSPS) is 43.7. The standard InChI is InChI=1S/C25H35N3O2/c1-27(19-5-3-2-4-6-19)22-11-20-7-8-21(12-22)28(20)24(29)26-23-17-9-16-10-18(23)15-25(30,13-16)14-17/h2-6,16-18,20-23,30H,7-15H2,1H3,(H,26,29). The van der Waals surface area contributed by atoms with E-state index in [0.29, 0.717) is 35.9 Å². The lowest BCUT2D eigenvalue weighted by Gasteiger charge is -2.58. The van der Waals surface area contributed by atoms with Crippen molar-refractivity contribution < 1.29 is 9.90 Å². The molecule has 6 fully saturated rings. The number of carbonyl (C=O) groups excluding carboxylic acids is 1. The van der Waals surface area contributed by atoms with Gasteiger partial charge in [-0.25, -0.2) is 4.79 Å². The molecule has 0 radical (unpaired) electrons. The Labute approximate surface area is 179 Å². The minimum atomic E-state index is -0.433. The molecule has 2 amide bonds. The van der Waals surface area contributed by atoms with Gasteiger partial charge in [0.2, 0.25) is 0 Å². The lowest BCUT2D eigenvalue weighted by atomic mass is 9.52. The van der Waals surface area contributed by atoms with Crippen LogP contribution in [0.2, 0.25) is 0 Å². The van der Waals surface area contributed by atoms with E-state index in [9.17, 15) is 9.90 Å². The SMILES string of the molecule is CN(c1ccccc1)C1CC2CCC(C1)N2C(=O)NC1C2CC3CC1CC(O)(C3)C2. The smallest absolute Gasteiger partial charge is 0.318 e. The molecule has 4 atom stereocenters. The van der Waals surface area contributed by atoms with Gasteiger partial charge in [-0.1, -0.05) is 18.2 Å². The first kappa shape index (κ1) is 19.0. The topological polar surface area (TPSA) is 55.8 Å². The number of hydrogen-bond donors (Lipinski definition) is 2. The molecule has 2 saturated heterocycles. The van der Waals surface area contributed by atoms with Gasteiger partial charge in [-0.05, 0) is 87.7 Å². The summed E-state index contributed by atoms with van der Waals surface area (Å²) in [4.78, 5) is 18.0. The zero-order valence-electron chi connectivity index (χ0n) is 18.0. The van der Waals surface area contributed by atoms with Crippen molar-refractivity contribution in [2.24, 2.45) is 17.8 Å². The Bertz CT molecular complexity index is 784. The number of hydrogen-bond acceptors (Lipinski definition) is 3. The minimum Gasteiger partial charge on any atom is -0.390 e. The van der Waals surface area contributed by atoms with Gasteiger partial charge in [0.05, 0.1) is 5.60 Å². The van der Waals surface area contributed by atoms with Crippen molar-refractivity contribution in [3.63, 3.8) is 0 Å². The molecule has 5 nitrogen and oxygen atoms in total. The number of amides is 2. The third-order valence-electron chi connectivity index (χ3n) is 9.18. The van der Waals surface area contributed by atoms with E-state index in [2.05, 4.69) is 52.5 Å². The summed E-state index contributed by atoms with van der Waals surface area (Å²) in [6.45, 7) is 0. The molecule has 4 unspecified atom stereocenters. The molecule has 0 spiro atoms. The lowest BCUT2D eigenvalue weighted by molar-refractivity contribution is -0.137. The van der Waals surface area contributed by atoms with E-state index in [1.54, 1.807) is 0 Å². The van der Waals surface area contributed by atoms with Crippen LogP contribution in [0.25, 0.3) is 0 Å². The van der Waals surface area contributed by atoms with Gasteiger partial charge >= 0.3 is 6.03 Å². The van der Waals surface area contributed by atoms with Crippen molar-refractivity contribution in [2.75, 3.05) is 11.9 Å². The highest BCUT2D eigenvalue weighted by molar-refractivity contribution is 5.76. The molecule has 5 heteroatoms. The van der Waals surface area contributed by atoms with E-state index >= 15 is 0 Å².